The Kier molecular flexibility index (Phi) is 4.08. The van der Waals surface area contributed by atoms with E-state index < -0.39 is 5.82 Å². The van der Waals surface area contributed by atoms with E-state index in [-0.39, 0.29) is 15.7 Å². The molecule has 0 fully saturated rings. The van der Waals surface area contributed by atoms with E-state index >= 15 is 0 Å². The van der Waals surface area contributed by atoms with E-state index in [1.54, 1.807) is 12.1 Å². The highest BCUT2D eigenvalue weighted by Gasteiger charge is 2.13. The third-order valence-electron chi connectivity index (χ3n) is 2.68. The lowest BCUT2D eigenvalue weighted by molar-refractivity contribution is 0.624. The zero-order valence-electron chi connectivity index (χ0n) is 9.97. The van der Waals surface area contributed by atoms with Crippen molar-refractivity contribution in [3.63, 3.8) is 0 Å². The van der Waals surface area contributed by atoms with Crippen molar-refractivity contribution < 1.29 is 4.39 Å². The summed E-state index contributed by atoms with van der Waals surface area (Å²) >= 11 is 9.15. The zero-order chi connectivity index (χ0) is 14.0. The van der Waals surface area contributed by atoms with Gasteiger partial charge in [0.1, 0.15) is 6.07 Å². The van der Waals surface area contributed by atoms with Crippen LogP contribution in [0.25, 0.3) is 0 Å². The fourth-order valence-electron chi connectivity index (χ4n) is 1.66. The third-order valence-corrected chi connectivity index (χ3v) is 3.77. The van der Waals surface area contributed by atoms with Crippen LogP contribution in [0.3, 0.4) is 0 Å². The standard InChI is InChI=1S/C14H9BrClFN2/c1-8-3-2-4-10(16)14(8)19-11-6-5-9(7-18)12(15)13(11)17/h2-6,19H,1H3. The second-order valence-electron chi connectivity index (χ2n) is 3.96. The maximum atomic E-state index is 14.1. The van der Waals surface area contributed by atoms with Crippen molar-refractivity contribution >= 4 is 38.9 Å². The van der Waals surface area contributed by atoms with Gasteiger partial charge in [0.05, 0.1) is 26.4 Å². The van der Waals surface area contributed by atoms with Crippen LogP contribution in [-0.2, 0) is 0 Å². The second-order valence-corrected chi connectivity index (χ2v) is 5.16. The molecule has 0 aromatic heterocycles. The summed E-state index contributed by atoms with van der Waals surface area (Å²) in [7, 11) is 0. The van der Waals surface area contributed by atoms with Crippen LogP contribution in [0.2, 0.25) is 5.02 Å². The Morgan fingerprint density at radius 1 is 1.32 bits per heavy atom. The molecule has 0 radical (unpaired) electrons. The average molecular weight is 340 g/mol. The van der Waals surface area contributed by atoms with Gasteiger partial charge in [0, 0.05) is 0 Å². The van der Waals surface area contributed by atoms with Gasteiger partial charge in [-0.05, 0) is 46.6 Å². The van der Waals surface area contributed by atoms with Gasteiger partial charge in [-0.25, -0.2) is 4.39 Å². The smallest absolute Gasteiger partial charge is 0.162 e. The van der Waals surface area contributed by atoms with Crippen molar-refractivity contribution in [1.29, 1.82) is 5.26 Å². The maximum absolute atomic E-state index is 14.1. The van der Waals surface area contributed by atoms with Crippen LogP contribution in [0.4, 0.5) is 15.8 Å². The van der Waals surface area contributed by atoms with Gasteiger partial charge in [0.25, 0.3) is 0 Å². The van der Waals surface area contributed by atoms with E-state index in [1.165, 1.54) is 6.07 Å². The molecule has 0 spiro atoms. The van der Waals surface area contributed by atoms with Crippen LogP contribution in [0, 0.1) is 24.1 Å². The van der Waals surface area contributed by atoms with E-state index in [2.05, 4.69) is 21.2 Å². The lowest BCUT2D eigenvalue weighted by atomic mass is 10.1. The largest absolute Gasteiger partial charge is 0.352 e. The minimum Gasteiger partial charge on any atom is -0.352 e. The number of para-hydroxylation sites is 1. The molecule has 2 rings (SSSR count). The van der Waals surface area contributed by atoms with Crippen LogP contribution in [0.1, 0.15) is 11.1 Å². The number of hydrogen-bond acceptors (Lipinski definition) is 2. The molecule has 0 amide bonds. The fourth-order valence-corrected chi connectivity index (χ4v) is 2.36. The minimum absolute atomic E-state index is 0.143. The molecule has 0 unspecified atom stereocenters. The number of anilines is 2. The van der Waals surface area contributed by atoms with Crippen molar-refractivity contribution in [1.82, 2.24) is 0 Å². The molecule has 0 aliphatic heterocycles. The number of nitrogens with one attached hydrogen (secondary N) is 1. The Labute approximate surface area is 123 Å². The van der Waals surface area contributed by atoms with Gasteiger partial charge < -0.3 is 5.32 Å². The van der Waals surface area contributed by atoms with Gasteiger partial charge in [0.2, 0.25) is 0 Å². The van der Waals surface area contributed by atoms with E-state index in [4.69, 9.17) is 16.9 Å². The Bertz CT molecular complexity index is 660. The highest BCUT2D eigenvalue weighted by Crippen LogP contribution is 2.32. The first-order valence-electron chi connectivity index (χ1n) is 5.45. The Morgan fingerprint density at radius 3 is 2.68 bits per heavy atom. The molecule has 96 valence electrons. The summed E-state index contributed by atoms with van der Waals surface area (Å²) in [6.45, 7) is 1.88. The summed E-state index contributed by atoms with van der Waals surface area (Å²) in [6, 6.07) is 10.4. The molecule has 2 aromatic rings. The molecule has 2 aromatic carbocycles. The van der Waals surface area contributed by atoms with Gasteiger partial charge in [-0.1, -0.05) is 23.7 Å². The predicted octanol–water partition coefficient (Wildman–Crippen LogP) is 5.17. The second kappa shape index (κ2) is 5.60. The van der Waals surface area contributed by atoms with Crippen molar-refractivity contribution in [3.05, 3.63) is 56.8 Å². The molecule has 2 nitrogen and oxygen atoms in total. The highest BCUT2D eigenvalue weighted by molar-refractivity contribution is 9.10. The van der Waals surface area contributed by atoms with Crippen LogP contribution in [-0.4, -0.2) is 0 Å². The van der Waals surface area contributed by atoms with Crippen LogP contribution in [0.5, 0.6) is 0 Å². The lowest BCUT2D eigenvalue weighted by Gasteiger charge is -2.13. The number of nitrogens with zero attached hydrogens (tertiary/aromatic N) is 1. The molecular formula is C14H9BrClFN2. The molecule has 0 bridgehead atoms. The van der Waals surface area contributed by atoms with Gasteiger partial charge in [-0.2, -0.15) is 5.26 Å². The Hall–Kier alpha value is -1.57. The topological polar surface area (TPSA) is 35.8 Å². The molecule has 1 N–H and O–H groups in total. The molecular weight excluding hydrogens is 331 g/mol. The molecule has 0 aliphatic carbocycles. The normalized spacial score (nSPS) is 10.1. The van der Waals surface area contributed by atoms with Crippen molar-refractivity contribution in [3.8, 4) is 6.07 Å². The Morgan fingerprint density at radius 2 is 2.05 bits per heavy atom. The summed E-state index contributed by atoms with van der Waals surface area (Å²) in [4.78, 5) is 0. The number of rotatable bonds is 2. The van der Waals surface area contributed by atoms with Gasteiger partial charge >= 0.3 is 0 Å². The number of benzene rings is 2. The summed E-state index contributed by atoms with van der Waals surface area (Å²) < 4.78 is 14.2. The van der Waals surface area contributed by atoms with Crippen molar-refractivity contribution in [2.24, 2.45) is 0 Å². The molecule has 0 aliphatic rings. The van der Waals surface area contributed by atoms with Gasteiger partial charge in [-0.3, -0.25) is 0 Å². The molecule has 0 saturated heterocycles. The van der Waals surface area contributed by atoms with Crippen LogP contribution >= 0.6 is 27.5 Å². The first kappa shape index (κ1) is 13.9. The minimum atomic E-state index is -0.515. The van der Waals surface area contributed by atoms with Crippen LogP contribution < -0.4 is 5.32 Å². The third kappa shape index (κ3) is 2.73. The number of halogens is 3. The summed E-state index contributed by atoms with van der Waals surface area (Å²) in [5.74, 6) is -0.515. The summed E-state index contributed by atoms with van der Waals surface area (Å²) in [5.41, 5.74) is 2.08. The van der Waals surface area contributed by atoms with E-state index in [0.29, 0.717) is 10.7 Å². The molecule has 5 heteroatoms. The lowest BCUT2D eigenvalue weighted by Crippen LogP contribution is -1.98. The number of nitriles is 1. The van der Waals surface area contributed by atoms with E-state index in [1.807, 2.05) is 25.1 Å². The predicted molar refractivity (Wildman–Crippen MR) is 78.3 cm³/mol. The molecule has 0 saturated carbocycles. The Balaban J connectivity index is 2.46. The van der Waals surface area contributed by atoms with Crippen LogP contribution in [0.15, 0.2) is 34.8 Å². The van der Waals surface area contributed by atoms with E-state index in [9.17, 15) is 4.39 Å². The van der Waals surface area contributed by atoms with Crippen molar-refractivity contribution in [2.75, 3.05) is 5.32 Å². The number of aryl methyl sites for hydroxylation is 1. The average Bonchev–Trinajstić information content (AvgIpc) is 2.39. The first-order chi connectivity index (χ1) is 9.04. The van der Waals surface area contributed by atoms with Gasteiger partial charge in [0.15, 0.2) is 5.82 Å². The zero-order valence-corrected chi connectivity index (χ0v) is 12.3. The fraction of sp³-hybridized carbons (Fsp3) is 0.0714. The van der Waals surface area contributed by atoms with E-state index in [0.717, 1.165) is 5.56 Å². The summed E-state index contributed by atoms with van der Waals surface area (Å²) in [5, 5.41) is 12.3. The first-order valence-corrected chi connectivity index (χ1v) is 6.62. The quantitative estimate of drug-likeness (QED) is 0.819. The maximum Gasteiger partial charge on any atom is 0.162 e. The molecule has 0 heterocycles. The van der Waals surface area contributed by atoms with Gasteiger partial charge in [-0.15, -0.1) is 0 Å². The highest BCUT2D eigenvalue weighted by atomic mass is 79.9. The van der Waals surface area contributed by atoms with Crippen molar-refractivity contribution in [2.45, 2.75) is 6.92 Å². The number of hydrogen-bond donors (Lipinski definition) is 1. The monoisotopic (exact) mass is 338 g/mol. The summed E-state index contributed by atoms with van der Waals surface area (Å²) in [6.07, 6.45) is 0. The SMILES string of the molecule is Cc1cccc(Cl)c1Nc1ccc(C#N)c(Br)c1F. The molecule has 0 atom stereocenters. The molecule has 19 heavy (non-hydrogen) atoms.